The van der Waals surface area contributed by atoms with Crippen molar-refractivity contribution < 1.29 is 37.8 Å². The Hall–Kier alpha value is -7.46. The summed E-state index contributed by atoms with van der Waals surface area (Å²) in [5, 5.41) is 17.9. The summed E-state index contributed by atoms with van der Waals surface area (Å²) < 4.78 is 38.5. The van der Waals surface area contributed by atoms with Gasteiger partial charge < -0.3 is 28.3 Å². The Morgan fingerprint density at radius 2 is 1.29 bits per heavy atom. The van der Waals surface area contributed by atoms with Crippen molar-refractivity contribution in [2.45, 2.75) is 63.2 Å². The third-order valence-electron chi connectivity index (χ3n) is 13.6. The van der Waals surface area contributed by atoms with E-state index in [4.69, 9.17) is 14.2 Å². The number of hydrogen-bond acceptors (Lipinski definition) is 9. The number of halogens is 1. The van der Waals surface area contributed by atoms with Crippen molar-refractivity contribution in [1.29, 1.82) is 0 Å². The molecule has 0 aliphatic carbocycles. The molecule has 7 aromatic rings. The zero-order valence-electron chi connectivity index (χ0n) is 37.6. The number of rotatable bonds is 10. The molecule has 15 heteroatoms. The predicted molar refractivity (Wildman–Crippen MR) is 256 cm³/mol. The van der Waals surface area contributed by atoms with Crippen LogP contribution in [0.5, 0.6) is 23.0 Å². The van der Waals surface area contributed by atoms with Gasteiger partial charge in [-0.15, -0.1) is 5.10 Å². The minimum atomic E-state index is -3.58. The van der Waals surface area contributed by atoms with Crippen molar-refractivity contribution in [3.05, 3.63) is 174 Å². The van der Waals surface area contributed by atoms with Crippen LogP contribution in [0.2, 0.25) is 18.6 Å². The molecule has 0 unspecified atom stereocenters. The second kappa shape index (κ2) is 16.7. The third kappa shape index (κ3) is 7.07. The first-order valence-electron chi connectivity index (χ1n) is 22.8. The van der Waals surface area contributed by atoms with Crippen molar-refractivity contribution in [3.63, 3.8) is 0 Å². The fraction of sp³-hybridized carbons (Fsp3) is 0.226. The van der Waals surface area contributed by atoms with Crippen LogP contribution >= 0.6 is 0 Å². The molecule has 1 saturated heterocycles. The molecule has 4 aliphatic heterocycles. The van der Waals surface area contributed by atoms with Crippen molar-refractivity contribution >= 4 is 54.6 Å². The summed E-state index contributed by atoms with van der Waals surface area (Å²) >= 11 is 0. The van der Waals surface area contributed by atoms with Crippen LogP contribution < -0.4 is 24.2 Å². The van der Waals surface area contributed by atoms with E-state index in [9.17, 15) is 14.7 Å². The summed E-state index contributed by atoms with van der Waals surface area (Å²) in [6.07, 6.45) is 1.77. The highest BCUT2D eigenvalue weighted by molar-refractivity contribution is 6.72. The topological polar surface area (TPSA) is 140 Å². The molecule has 1 aromatic heterocycles. The lowest BCUT2D eigenvalue weighted by Crippen LogP contribution is -2.45. The van der Waals surface area contributed by atoms with Crippen LogP contribution in [-0.2, 0) is 34.6 Å². The Labute approximate surface area is 393 Å². The first-order chi connectivity index (χ1) is 32.9. The number of aliphatic hydroxyl groups excluding tert-OH is 1. The fourth-order valence-corrected chi connectivity index (χ4v) is 13.2. The molecule has 4 aliphatic rings. The first kappa shape index (κ1) is 43.1. The normalized spacial score (nSPS) is 20.5. The highest BCUT2D eigenvalue weighted by atomic mass is 28.4. The van der Waals surface area contributed by atoms with Gasteiger partial charge in [-0.3, -0.25) is 28.9 Å². The maximum absolute atomic E-state index is 17.0. The zero-order valence-corrected chi connectivity index (χ0v) is 38.6. The molecule has 0 saturated carbocycles. The van der Waals surface area contributed by atoms with E-state index in [-0.39, 0.29) is 30.9 Å². The fourth-order valence-electron chi connectivity index (χ4n) is 10.6. The SMILES string of the molecule is C[C@H]1[C@H]([Si](C)(C)F)[C@@H](CCn2cc(CCO)nn2)O[C@]12C(=O)N(Cc1cccc(N3C(=O)c4ccccc4Oc4ccccc43)c1)c1ccc(N3C(=O)c4ccccc4Oc4ccccc43)cc12. The van der Waals surface area contributed by atoms with Gasteiger partial charge in [0.2, 0.25) is 8.41 Å². The summed E-state index contributed by atoms with van der Waals surface area (Å²) in [5.74, 6) is 0.275. The van der Waals surface area contributed by atoms with E-state index in [1.165, 1.54) is 0 Å². The number of amides is 3. The molecule has 68 heavy (non-hydrogen) atoms. The van der Waals surface area contributed by atoms with Gasteiger partial charge >= 0.3 is 0 Å². The number of fused-ring (bicyclic) bond motifs is 6. The number of para-hydroxylation sites is 6. The summed E-state index contributed by atoms with van der Waals surface area (Å²) in [6, 6.07) is 41.9. The number of aromatic nitrogens is 3. The highest BCUT2D eigenvalue weighted by Crippen LogP contribution is 2.61. The molecule has 3 amide bonds. The molecule has 1 N–H and O–H groups in total. The number of benzene rings is 6. The quantitative estimate of drug-likeness (QED) is 0.105. The molecule has 5 heterocycles. The average Bonchev–Trinajstić information content (AvgIpc) is 3.92. The molecule has 1 fully saturated rings. The number of aliphatic hydroxyl groups is 1. The lowest BCUT2D eigenvalue weighted by atomic mass is 9.82. The smallest absolute Gasteiger partial charge is 0.266 e. The van der Waals surface area contributed by atoms with E-state index < -0.39 is 31.6 Å². The number of hydrogen-bond donors (Lipinski definition) is 1. The molecule has 13 nitrogen and oxygen atoms in total. The summed E-state index contributed by atoms with van der Waals surface area (Å²) in [6.45, 7) is 5.59. The molecule has 0 bridgehead atoms. The van der Waals surface area contributed by atoms with Gasteiger partial charge in [0.25, 0.3) is 17.7 Å². The van der Waals surface area contributed by atoms with E-state index in [1.54, 1.807) is 75.1 Å². The number of aryl methyl sites for hydroxylation is 1. The number of anilines is 5. The Morgan fingerprint density at radius 3 is 1.91 bits per heavy atom. The number of carbonyl (C=O) groups is 3. The van der Waals surface area contributed by atoms with Crippen molar-refractivity contribution in [3.8, 4) is 23.0 Å². The molecular weight excluding hydrogens is 880 g/mol. The zero-order chi connectivity index (χ0) is 46.9. The minimum absolute atomic E-state index is 0.0690. The monoisotopic (exact) mass is 926 g/mol. The largest absolute Gasteiger partial charge is 0.454 e. The van der Waals surface area contributed by atoms with E-state index in [0.717, 1.165) is 5.56 Å². The van der Waals surface area contributed by atoms with Crippen LogP contribution in [0.1, 0.15) is 50.9 Å². The van der Waals surface area contributed by atoms with Gasteiger partial charge in [0.15, 0.2) is 17.1 Å². The van der Waals surface area contributed by atoms with Gasteiger partial charge in [-0.2, -0.15) is 0 Å². The molecule has 6 aromatic carbocycles. The summed E-state index contributed by atoms with van der Waals surface area (Å²) in [5.41, 5.74) is 3.07. The van der Waals surface area contributed by atoms with Gasteiger partial charge in [-0.05, 0) is 104 Å². The second-order valence-electron chi connectivity index (χ2n) is 18.2. The summed E-state index contributed by atoms with van der Waals surface area (Å²) in [4.78, 5) is 49.9. The number of ether oxygens (including phenoxy) is 3. The van der Waals surface area contributed by atoms with Crippen LogP contribution in [0.15, 0.2) is 146 Å². The molecule has 1 spiro atoms. The Kier molecular flexibility index (Phi) is 10.6. The highest BCUT2D eigenvalue weighted by Gasteiger charge is 2.66. The van der Waals surface area contributed by atoms with E-state index in [0.29, 0.717) is 93.2 Å². The third-order valence-corrected chi connectivity index (χ3v) is 16.1. The van der Waals surface area contributed by atoms with Crippen LogP contribution in [0.3, 0.4) is 0 Å². The Bertz CT molecular complexity index is 3160. The lowest BCUT2D eigenvalue weighted by molar-refractivity contribution is -0.146. The van der Waals surface area contributed by atoms with Gasteiger partial charge in [0, 0.05) is 54.2 Å². The Morgan fingerprint density at radius 1 is 0.706 bits per heavy atom. The van der Waals surface area contributed by atoms with Crippen LogP contribution in [0, 0.1) is 5.92 Å². The van der Waals surface area contributed by atoms with Gasteiger partial charge in [0.05, 0.1) is 46.5 Å². The second-order valence-corrected chi connectivity index (χ2v) is 22.0. The molecular formula is C53H47FN6O7Si. The predicted octanol–water partition coefficient (Wildman–Crippen LogP) is 10.4. The number of nitrogens with zero attached hydrogens (tertiary/aromatic N) is 6. The van der Waals surface area contributed by atoms with Crippen molar-refractivity contribution in [1.82, 2.24) is 15.0 Å². The van der Waals surface area contributed by atoms with Gasteiger partial charge in [0.1, 0.15) is 11.5 Å². The van der Waals surface area contributed by atoms with E-state index in [2.05, 4.69) is 10.3 Å². The summed E-state index contributed by atoms with van der Waals surface area (Å²) in [7, 11) is -3.58. The van der Waals surface area contributed by atoms with Crippen molar-refractivity contribution in [2.75, 3.05) is 21.3 Å². The van der Waals surface area contributed by atoms with Gasteiger partial charge in [-0.1, -0.05) is 72.8 Å². The Balaban J connectivity index is 1.02. The molecule has 342 valence electrons. The molecule has 11 rings (SSSR count). The molecule has 4 atom stereocenters. The van der Waals surface area contributed by atoms with E-state index in [1.807, 2.05) is 110 Å². The first-order valence-corrected chi connectivity index (χ1v) is 25.7. The van der Waals surface area contributed by atoms with Crippen LogP contribution in [0.4, 0.5) is 32.5 Å². The molecule has 0 radical (unpaired) electrons. The van der Waals surface area contributed by atoms with Crippen LogP contribution in [-0.4, -0.2) is 58.9 Å². The van der Waals surface area contributed by atoms with Crippen LogP contribution in [0.25, 0.3) is 0 Å². The van der Waals surface area contributed by atoms with Crippen molar-refractivity contribution in [2.24, 2.45) is 5.92 Å². The lowest BCUT2D eigenvalue weighted by Gasteiger charge is -2.31. The maximum atomic E-state index is 17.0. The maximum Gasteiger partial charge on any atom is 0.266 e. The van der Waals surface area contributed by atoms with Gasteiger partial charge in [-0.25, -0.2) is 0 Å². The standard InChI is InChI=1S/C53H47FN6O7Si/c1-33-49(68(2,3)54)48(25-27-57-32-35(26-28-61)55-56-57)67-53(33)40-30-37(60-43-18-7-11-22-47(43)66-45-20-9-5-16-39(45)51(60)63)23-24-41(40)58(52(53)64)31-34-13-12-14-36(29-34)59-42-17-6-10-21-46(42)65-44-19-8-4-15-38(44)50(59)62/h4-24,29-30,32-33,48-49,61H,25-28,31H2,1-3H3/t33-,48+,49-,53+/m0/s1. The van der Waals surface area contributed by atoms with E-state index >= 15 is 8.90 Å². The average molecular weight is 927 g/mol. The minimum Gasteiger partial charge on any atom is -0.454 e. The number of carbonyl (C=O) groups excluding carboxylic acids is 3.